The van der Waals surface area contributed by atoms with Crippen LogP contribution in [0.1, 0.15) is 0 Å². The molecule has 0 radical (unpaired) electrons. The van der Waals surface area contributed by atoms with Gasteiger partial charge < -0.3 is 0 Å². The molecule has 5 heavy (non-hydrogen) atoms. The van der Waals surface area contributed by atoms with Gasteiger partial charge in [-0.05, 0) is 0 Å². The SMILES string of the molecule is [CsH].[O]=[W](=[O])=[O]. The van der Waals surface area contributed by atoms with Crippen molar-refractivity contribution in [2.24, 2.45) is 0 Å². The van der Waals surface area contributed by atoms with Crippen molar-refractivity contribution in [3.05, 3.63) is 0 Å². The molecule has 26 valence electrons. The van der Waals surface area contributed by atoms with Gasteiger partial charge in [0.05, 0.1) is 0 Å². The second-order valence-electron chi connectivity index (χ2n) is 0.204. The molecule has 3 nitrogen and oxygen atoms in total. The first kappa shape index (κ1) is 10.2. The van der Waals surface area contributed by atoms with E-state index in [9.17, 15) is 0 Å². The van der Waals surface area contributed by atoms with E-state index in [2.05, 4.69) is 0 Å². The van der Waals surface area contributed by atoms with E-state index in [0.717, 1.165) is 0 Å². The van der Waals surface area contributed by atoms with Crippen molar-refractivity contribution in [1.29, 1.82) is 0 Å². The molecule has 0 aromatic rings. The molecule has 0 bridgehead atoms. The third-order valence-electron chi connectivity index (χ3n) is 0. The normalized spacial score (nSPS) is 4.80. The van der Waals surface area contributed by atoms with Crippen molar-refractivity contribution >= 4 is 68.9 Å². The molecule has 0 aromatic carbocycles. The Hall–Kier alpha value is 2.14. The molecule has 0 amide bonds. The molecule has 0 spiro atoms. The van der Waals surface area contributed by atoms with Gasteiger partial charge in [-0.1, -0.05) is 0 Å². The second kappa shape index (κ2) is 6.14. The molecule has 0 heterocycles. The molecule has 0 atom stereocenters. The predicted octanol–water partition coefficient (Wildman–Crippen LogP) is -1.01. The summed E-state index contributed by atoms with van der Waals surface area (Å²) in [5.41, 5.74) is 0. The first-order chi connectivity index (χ1) is 1.73. The van der Waals surface area contributed by atoms with Crippen LogP contribution in [-0.2, 0) is 27.4 Å². The van der Waals surface area contributed by atoms with Crippen molar-refractivity contribution < 1.29 is 27.4 Å². The molecule has 0 rings (SSSR count). The summed E-state index contributed by atoms with van der Waals surface area (Å²) in [7, 11) is 0. The zero-order chi connectivity index (χ0) is 3.58. The number of hydrogen-bond donors (Lipinski definition) is 0. The van der Waals surface area contributed by atoms with Crippen LogP contribution in [0, 0.1) is 0 Å². The van der Waals surface area contributed by atoms with Gasteiger partial charge in [-0.3, -0.25) is 0 Å². The molecule has 0 unspecified atom stereocenters. The fourth-order valence-corrected chi connectivity index (χ4v) is 0. The zero-order valence-corrected chi connectivity index (χ0v) is 4.57. The Morgan fingerprint density at radius 1 is 1.00 bits per heavy atom. The van der Waals surface area contributed by atoms with Crippen LogP contribution in [0.4, 0.5) is 0 Å². The minimum absolute atomic E-state index is 0. The van der Waals surface area contributed by atoms with Crippen LogP contribution >= 0.6 is 0 Å². The third kappa shape index (κ3) is 23.0. The van der Waals surface area contributed by atoms with E-state index in [1.807, 2.05) is 0 Å². The predicted molar refractivity (Wildman–Crippen MR) is 9.21 cm³/mol. The van der Waals surface area contributed by atoms with Crippen molar-refractivity contribution in [2.45, 2.75) is 0 Å². The summed E-state index contributed by atoms with van der Waals surface area (Å²) in [5, 5.41) is 0. The summed E-state index contributed by atoms with van der Waals surface area (Å²) in [6, 6.07) is 0. The van der Waals surface area contributed by atoms with Crippen LogP contribution in [-0.4, -0.2) is 68.9 Å². The summed E-state index contributed by atoms with van der Waals surface area (Å²) in [4.78, 5) is 0. The van der Waals surface area contributed by atoms with E-state index in [4.69, 9.17) is 10.2 Å². The molecule has 0 aromatic heterocycles. The average Bonchev–Trinajstić information content (AvgIpc) is 0.811. The van der Waals surface area contributed by atoms with Gasteiger partial charge in [-0.2, -0.15) is 0 Å². The van der Waals surface area contributed by atoms with E-state index < -0.39 is 17.2 Å². The number of rotatable bonds is 0. The Labute approximate surface area is 93.4 Å². The van der Waals surface area contributed by atoms with Crippen LogP contribution in [0.3, 0.4) is 0 Å². The van der Waals surface area contributed by atoms with E-state index in [0.29, 0.717) is 0 Å². The van der Waals surface area contributed by atoms with Gasteiger partial charge in [0.2, 0.25) is 0 Å². The van der Waals surface area contributed by atoms with Gasteiger partial charge >= 0.3 is 96.3 Å². The van der Waals surface area contributed by atoms with Crippen LogP contribution < -0.4 is 0 Å². The topological polar surface area (TPSA) is 51.2 Å². The summed E-state index contributed by atoms with van der Waals surface area (Å²) < 4.78 is 25.8. The monoisotopic (exact) mass is 366 g/mol. The molecule has 0 aliphatic carbocycles. The fourth-order valence-electron chi connectivity index (χ4n) is 0. The van der Waals surface area contributed by atoms with E-state index in [-0.39, 0.29) is 68.9 Å². The van der Waals surface area contributed by atoms with Gasteiger partial charge in [-0.25, -0.2) is 0 Å². The van der Waals surface area contributed by atoms with Crippen LogP contribution in [0.25, 0.3) is 0 Å². The van der Waals surface area contributed by atoms with Gasteiger partial charge in [0.25, 0.3) is 0 Å². The molecular weight excluding hydrogens is 365 g/mol. The molecular formula is HCsO3W. The summed E-state index contributed by atoms with van der Waals surface area (Å²) in [6.45, 7) is 0. The Kier molecular flexibility index (Phi) is 12.5. The van der Waals surface area contributed by atoms with Gasteiger partial charge in [0, 0.05) is 0 Å². The van der Waals surface area contributed by atoms with Gasteiger partial charge in [0.1, 0.15) is 0 Å². The second-order valence-corrected chi connectivity index (χ2v) is 1.67. The van der Waals surface area contributed by atoms with E-state index >= 15 is 0 Å². The van der Waals surface area contributed by atoms with Crippen molar-refractivity contribution in [1.82, 2.24) is 0 Å². The standard InChI is InChI=1S/Cs.3O.W.H. The maximum absolute atomic E-state index is 8.61. The Balaban J connectivity index is 0. The Morgan fingerprint density at radius 2 is 1.00 bits per heavy atom. The number of hydrogen-bond acceptors (Lipinski definition) is 3. The van der Waals surface area contributed by atoms with Crippen molar-refractivity contribution in [2.75, 3.05) is 0 Å². The van der Waals surface area contributed by atoms with Crippen LogP contribution in [0.2, 0.25) is 0 Å². The molecule has 5 heteroatoms. The molecule has 0 aliphatic heterocycles. The Morgan fingerprint density at radius 3 is 1.00 bits per heavy atom. The third-order valence-corrected chi connectivity index (χ3v) is 0. The quantitative estimate of drug-likeness (QED) is 0.553. The fraction of sp³-hybridized carbons (Fsp3) is 0. The molecule has 0 saturated heterocycles. The van der Waals surface area contributed by atoms with Crippen molar-refractivity contribution in [3.63, 3.8) is 0 Å². The van der Waals surface area contributed by atoms with Gasteiger partial charge in [0.15, 0.2) is 0 Å². The summed E-state index contributed by atoms with van der Waals surface area (Å²) in [6.07, 6.45) is 0. The first-order valence-electron chi connectivity index (χ1n) is 0.500. The van der Waals surface area contributed by atoms with Gasteiger partial charge in [-0.15, -0.1) is 0 Å². The Bertz CT molecular complexity index is 76.3. The zero-order valence-electron chi connectivity index (χ0n) is 1.63. The average molecular weight is 366 g/mol. The van der Waals surface area contributed by atoms with Crippen molar-refractivity contribution in [3.8, 4) is 0 Å². The van der Waals surface area contributed by atoms with Crippen LogP contribution in [0.15, 0.2) is 0 Å². The minimum atomic E-state index is -4.28. The van der Waals surface area contributed by atoms with Crippen LogP contribution in [0.5, 0.6) is 0 Å². The van der Waals surface area contributed by atoms with E-state index in [1.165, 1.54) is 0 Å². The summed E-state index contributed by atoms with van der Waals surface area (Å²) in [5.74, 6) is 0. The molecule has 0 N–H and O–H groups in total. The summed E-state index contributed by atoms with van der Waals surface area (Å²) >= 11 is -4.28. The first-order valence-corrected chi connectivity index (χ1v) is 4.09. The molecule has 0 fully saturated rings. The maximum atomic E-state index is 8.61. The van der Waals surface area contributed by atoms with E-state index in [1.54, 1.807) is 0 Å². The molecule has 0 aliphatic rings. The molecule has 0 saturated carbocycles.